The third-order valence-corrected chi connectivity index (χ3v) is 4.68. The molecule has 13 heteroatoms. The van der Waals surface area contributed by atoms with Crippen molar-refractivity contribution in [2.45, 2.75) is 32.1 Å². The second kappa shape index (κ2) is 11.5. The van der Waals surface area contributed by atoms with Crippen LogP contribution in [0.4, 0.5) is 22.0 Å². The first kappa shape index (κ1) is 25.9. The summed E-state index contributed by atoms with van der Waals surface area (Å²) in [6.45, 7) is 2.25. The summed E-state index contributed by atoms with van der Waals surface area (Å²) in [6.07, 6.45) is 1.21. The molecule has 33 heavy (non-hydrogen) atoms. The van der Waals surface area contributed by atoms with Gasteiger partial charge in [0.15, 0.2) is 0 Å². The van der Waals surface area contributed by atoms with Gasteiger partial charge in [-0.1, -0.05) is 5.21 Å². The fourth-order valence-corrected chi connectivity index (χ4v) is 3.11. The van der Waals surface area contributed by atoms with Gasteiger partial charge in [-0.05, 0) is 43.0 Å². The Morgan fingerprint density at radius 1 is 1.27 bits per heavy atom. The lowest BCUT2D eigenvalue weighted by molar-refractivity contribution is -0.192. The maximum absolute atomic E-state index is 13.6. The highest BCUT2D eigenvalue weighted by Gasteiger charge is 2.38. The largest absolute Gasteiger partial charge is 0.490 e. The van der Waals surface area contributed by atoms with Crippen LogP contribution < -0.4 is 5.73 Å². The van der Waals surface area contributed by atoms with Gasteiger partial charge in [-0.15, -0.1) is 5.10 Å². The smallest absolute Gasteiger partial charge is 0.475 e. The van der Waals surface area contributed by atoms with Crippen LogP contribution in [0.25, 0.3) is 6.08 Å². The van der Waals surface area contributed by atoms with E-state index in [1.165, 1.54) is 12.2 Å². The molecule has 1 unspecified atom stereocenters. The van der Waals surface area contributed by atoms with Crippen molar-refractivity contribution in [1.82, 2.24) is 19.9 Å². The minimum Gasteiger partial charge on any atom is -0.475 e. The van der Waals surface area contributed by atoms with Crippen molar-refractivity contribution in [3.63, 3.8) is 0 Å². The molecule has 1 atom stereocenters. The number of halogens is 5. The highest BCUT2D eigenvalue weighted by Crippen LogP contribution is 2.19. The van der Waals surface area contributed by atoms with E-state index in [0.29, 0.717) is 26.2 Å². The van der Waals surface area contributed by atoms with Crippen LogP contribution in [-0.2, 0) is 22.7 Å². The summed E-state index contributed by atoms with van der Waals surface area (Å²) in [5.41, 5.74) is 6.32. The van der Waals surface area contributed by atoms with Gasteiger partial charge in [-0.2, -0.15) is 13.2 Å². The summed E-state index contributed by atoms with van der Waals surface area (Å²) < 4.78 is 60.3. The third kappa shape index (κ3) is 8.25. The number of carbonyl (C=O) groups excluding carboxylic acids is 1. The topological polar surface area (TPSA) is 114 Å². The minimum atomic E-state index is -5.08. The molecule has 3 N–H and O–H groups in total. The Balaban J connectivity index is 0.000000479. The van der Waals surface area contributed by atoms with Crippen LogP contribution in [-0.4, -0.2) is 56.1 Å². The van der Waals surface area contributed by atoms with E-state index in [1.54, 1.807) is 9.58 Å². The van der Waals surface area contributed by atoms with E-state index >= 15 is 0 Å². The number of likely N-dealkylation sites (tertiary alicyclic amines) is 1. The quantitative estimate of drug-likeness (QED) is 0.508. The van der Waals surface area contributed by atoms with E-state index in [4.69, 9.17) is 15.6 Å². The number of benzene rings is 1. The van der Waals surface area contributed by atoms with Gasteiger partial charge < -0.3 is 15.7 Å². The minimum absolute atomic E-state index is 0.0591. The first-order valence-electron chi connectivity index (χ1n) is 9.80. The molecular formula is C20H22F5N5O3. The molecule has 1 amide bonds. The Morgan fingerprint density at radius 2 is 1.97 bits per heavy atom. The van der Waals surface area contributed by atoms with Crippen LogP contribution >= 0.6 is 0 Å². The summed E-state index contributed by atoms with van der Waals surface area (Å²) in [5.74, 6) is -3.80. The SMILES string of the molecule is NCc1cn(CC2CCCN(C(=O)/C=C/c3cc(F)ccc3F)C2)nn1.O=C(O)C(F)(F)F. The second-order valence-corrected chi connectivity index (χ2v) is 7.23. The van der Waals surface area contributed by atoms with Gasteiger partial charge in [-0.3, -0.25) is 9.48 Å². The number of hydrogen-bond donors (Lipinski definition) is 2. The molecule has 1 aliphatic heterocycles. The van der Waals surface area contributed by atoms with Gasteiger partial charge in [0.05, 0.1) is 5.69 Å². The number of piperidine rings is 1. The van der Waals surface area contributed by atoms with E-state index in [1.807, 2.05) is 6.20 Å². The van der Waals surface area contributed by atoms with Gasteiger partial charge in [0, 0.05) is 44.0 Å². The number of alkyl halides is 3. The zero-order valence-corrected chi connectivity index (χ0v) is 17.3. The molecule has 1 saturated heterocycles. The molecule has 1 aromatic heterocycles. The number of nitrogens with zero attached hydrogens (tertiary/aromatic N) is 4. The number of carboxylic acids is 1. The van der Waals surface area contributed by atoms with Crippen molar-refractivity contribution in [2.24, 2.45) is 11.7 Å². The lowest BCUT2D eigenvalue weighted by Gasteiger charge is -2.32. The standard InChI is InChI=1S/C18H21F2N5O.C2HF3O2/c19-15-4-5-17(20)14(8-15)3-6-18(26)24-7-1-2-13(10-24)11-25-12-16(9-21)22-23-25;3-2(4,5)1(6)7/h3-6,8,12-13H,1-2,7,9-11,21H2;(H,6,7)/b6-3+;. The molecule has 0 radical (unpaired) electrons. The molecule has 0 saturated carbocycles. The molecule has 1 aromatic carbocycles. The zero-order chi connectivity index (χ0) is 24.6. The van der Waals surface area contributed by atoms with Crippen LogP contribution in [0.3, 0.4) is 0 Å². The first-order valence-corrected chi connectivity index (χ1v) is 9.80. The summed E-state index contributed by atoms with van der Waals surface area (Å²) in [4.78, 5) is 23.0. The maximum Gasteiger partial charge on any atom is 0.490 e. The fourth-order valence-electron chi connectivity index (χ4n) is 3.11. The molecular weight excluding hydrogens is 453 g/mol. The Kier molecular flexibility index (Phi) is 9.02. The van der Waals surface area contributed by atoms with E-state index in [0.717, 1.165) is 36.7 Å². The number of hydrogen-bond acceptors (Lipinski definition) is 5. The van der Waals surface area contributed by atoms with Crippen molar-refractivity contribution in [1.29, 1.82) is 0 Å². The molecule has 1 aliphatic rings. The Labute approximate surface area is 185 Å². The number of aromatic nitrogens is 3. The van der Waals surface area contributed by atoms with E-state index in [9.17, 15) is 26.7 Å². The summed E-state index contributed by atoms with van der Waals surface area (Å²) in [7, 11) is 0. The number of nitrogens with two attached hydrogens (primary N) is 1. The molecule has 3 rings (SSSR count). The van der Waals surface area contributed by atoms with Gasteiger partial charge in [0.25, 0.3) is 0 Å². The molecule has 1 fully saturated rings. The van der Waals surface area contributed by atoms with Crippen molar-refractivity contribution in [2.75, 3.05) is 13.1 Å². The van der Waals surface area contributed by atoms with E-state index < -0.39 is 23.8 Å². The normalized spacial score (nSPS) is 16.4. The monoisotopic (exact) mass is 475 g/mol. The number of rotatable bonds is 5. The highest BCUT2D eigenvalue weighted by molar-refractivity contribution is 5.91. The average molecular weight is 475 g/mol. The third-order valence-electron chi connectivity index (χ3n) is 4.68. The van der Waals surface area contributed by atoms with E-state index in [2.05, 4.69) is 10.3 Å². The van der Waals surface area contributed by atoms with Gasteiger partial charge in [0.1, 0.15) is 11.6 Å². The van der Waals surface area contributed by atoms with Crippen LogP contribution in [0.5, 0.6) is 0 Å². The number of carboxylic acid groups (broad SMARTS) is 1. The van der Waals surface area contributed by atoms with Gasteiger partial charge >= 0.3 is 12.1 Å². The number of carbonyl (C=O) groups is 2. The molecule has 0 aliphatic carbocycles. The van der Waals surface area contributed by atoms with E-state index in [-0.39, 0.29) is 17.4 Å². The van der Waals surface area contributed by atoms with Crippen LogP contribution in [0, 0.1) is 17.6 Å². The average Bonchev–Trinajstić information content (AvgIpc) is 3.21. The fraction of sp³-hybridized carbons (Fsp3) is 0.400. The second-order valence-electron chi connectivity index (χ2n) is 7.23. The predicted molar refractivity (Wildman–Crippen MR) is 106 cm³/mol. The zero-order valence-electron chi connectivity index (χ0n) is 17.3. The van der Waals surface area contributed by atoms with Gasteiger partial charge in [-0.25, -0.2) is 13.6 Å². The molecule has 180 valence electrons. The molecule has 2 heterocycles. The van der Waals surface area contributed by atoms with Crippen molar-refractivity contribution in [3.05, 3.63) is 53.4 Å². The lowest BCUT2D eigenvalue weighted by Crippen LogP contribution is -2.40. The Morgan fingerprint density at radius 3 is 2.58 bits per heavy atom. The first-order chi connectivity index (χ1) is 15.5. The van der Waals surface area contributed by atoms with Crippen molar-refractivity contribution < 1.29 is 36.6 Å². The molecule has 8 nitrogen and oxygen atoms in total. The van der Waals surface area contributed by atoms with Crippen LogP contribution in [0.2, 0.25) is 0 Å². The van der Waals surface area contributed by atoms with Crippen molar-refractivity contribution in [3.8, 4) is 0 Å². The molecule has 2 aromatic rings. The summed E-state index contributed by atoms with van der Waals surface area (Å²) in [6, 6.07) is 3.16. The van der Waals surface area contributed by atoms with Gasteiger partial charge in [0.2, 0.25) is 5.91 Å². The maximum atomic E-state index is 13.6. The van der Waals surface area contributed by atoms with Crippen LogP contribution in [0.15, 0.2) is 30.5 Å². The predicted octanol–water partition coefficient (Wildman–Crippen LogP) is 2.60. The number of aliphatic carboxylic acids is 1. The molecule has 0 spiro atoms. The highest BCUT2D eigenvalue weighted by atomic mass is 19.4. The van der Waals surface area contributed by atoms with Crippen molar-refractivity contribution >= 4 is 18.0 Å². The van der Waals surface area contributed by atoms with Crippen LogP contribution in [0.1, 0.15) is 24.1 Å². The summed E-state index contributed by atoms with van der Waals surface area (Å²) >= 11 is 0. The Hall–Kier alpha value is -3.35. The summed E-state index contributed by atoms with van der Waals surface area (Å²) in [5, 5.41) is 15.1. The lowest BCUT2D eigenvalue weighted by atomic mass is 9.98. The molecule has 0 bridgehead atoms. The number of amides is 1. The Bertz CT molecular complexity index is 993.